The number of carbonyl (C=O) groups excluding carboxylic acids is 1. The molecule has 0 bridgehead atoms. The van der Waals surface area contributed by atoms with Crippen molar-refractivity contribution in [3.63, 3.8) is 0 Å². The standard InChI is InChI=1S/C13H9Br2ClN2O2/c14-8-3-4-11(9(15)6-8)20-7-12(19)18-10-2-1-5-17-13(10)16/h1-6H,7H2,(H,18,19). The Bertz CT molecular complexity index is 638. The van der Waals surface area contributed by atoms with Crippen LogP contribution in [0, 0.1) is 0 Å². The molecule has 0 fully saturated rings. The Morgan fingerprint density at radius 2 is 2.15 bits per heavy atom. The summed E-state index contributed by atoms with van der Waals surface area (Å²) in [7, 11) is 0. The van der Waals surface area contributed by atoms with Crippen LogP contribution in [0.2, 0.25) is 5.15 Å². The quantitative estimate of drug-likeness (QED) is 0.752. The Morgan fingerprint density at radius 3 is 2.85 bits per heavy atom. The van der Waals surface area contributed by atoms with Crippen LogP contribution in [0.1, 0.15) is 0 Å². The van der Waals surface area contributed by atoms with Crippen molar-refractivity contribution in [2.45, 2.75) is 0 Å². The third kappa shape index (κ3) is 4.19. The molecule has 0 saturated heterocycles. The van der Waals surface area contributed by atoms with Crippen molar-refractivity contribution in [2.24, 2.45) is 0 Å². The van der Waals surface area contributed by atoms with Crippen LogP contribution in [0.15, 0.2) is 45.5 Å². The lowest BCUT2D eigenvalue weighted by Gasteiger charge is -2.09. The van der Waals surface area contributed by atoms with Gasteiger partial charge in [-0.25, -0.2) is 4.98 Å². The summed E-state index contributed by atoms with van der Waals surface area (Å²) in [5, 5.41) is 2.87. The highest BCUT2D eigenvalue weighted by molar-refractivity contribution is 9.11. The van der Waals surface area contributed by atoms with Crippen molar-refractivity contribution < 1.29 is 9.53 Å². The first-order valence-corrected chi connectivity index (χ1v) is 7.51. The van der Waals surface area contributed by atoms with E-state index in [1.807, 2.05) is 12.1 Å². The van der Waals surface area contributed by atoms with E-state index in [4.69, 9.17) is 16.3 Å². The van der Waals surface area contributed by atoms with E-state index in [1.54, 1.807) is 24.4 Å². The predicted molar refractivity (Wildman–Crippen MR) is 85.2 cm³/mol. The predicted octanol–water partition coefficient (Wildman–Crippen LogP) is 4.28. The summed E-state index contributed by atoms with van der Waals surface area (Å²) in [6.07, 6.45) is 1.55. The molecule has 0 aliphatic rings. The Morgan fingerprint density at radius 1 is 1.35 bits per heavy atom. The lowest BCUT2D eigenvalue weighted by Crippen LogP contribution is -2.20. The number of ether oxygens (including phenoxy) is 1. The molecule has 2 rings (SSSR count). The molecule has 1 aromatic carbocycles. The van der Waals surface area contributed by atoms with Crippen LogP contribution >= 0.6 is 43.5 Å². The van der Waals surface area contributed by atoms with Crippen LogP contribution in [-0.2, 0) is 4.79 Å². The number of halogens is 3. The minimum Gasteiger partial charge on any atom is -0.483 e. The molecule has 0 unspecified atom stereocenters. The van der Waals surface area contributed by atoms with Crippen molar-refractivity contribution in [2.75, 3.05) is 11.9 Å². The monoisotopic (exact) mass is 418 g/mol. The minimum absolute atomic E-state index is 0.120. The first kappa shape index (κ1) is 15.3. The Balaban J connectivity index is 1.94. The average molecular weight is 420 g/mol. The SMILES string of the molecule is O=C(COc1ccc(Br)cc1Br)Nc1cccnc1Cl. The van der Waals surface area contributed by atoms with Crippen LogP contribution < -0.4 is 10.1 Å². The fourth-order valence-corrected chi connectivity index (χ4v) is 2.73. The molecule has 7 heteroatoms. The molecule has 0 aliphatic carbocycles. The number of benzene rings is 1. The van der Waals surface area contributed by atoms with Crippen molar-refractivity contribution in [1.82, 2.24) is 4.98 Å². The van der Waals surface area contributed by atoms with Gasteiger partial charge in [0.05, 0.1) is 10.2 Å². The van der Waals surface area contributed by atoms with Gasteiger partial charge in [0.25, 0.3) is 5.91 Å². The topological polar surface area (TPSA) is 51.2 Å². The summed E-state index contributed by atoms with van der Waals surface area (Å²) in [6.45, 7) is -0.120. The number of nitrogens with zero attached hydrogens (tertiary/aromatic N) is 1. The molecule has 2 aromatic rings. The summed E-state index contributed by atoms with van der Waals surface area (Å²) < 4.78 is 7.11. The van der Waals surface area contributed by atoms with Crippen molar-refractivity contribution >= 4 is 55.1 Å². The zero-order valence-corrected chi connectivity index (χ0v) is 14.0. The van der Waals surface area contributed by atoms with Gasteiger partial charge in [0.15, 0.2) is 11.8 Å². The zero-order chi connectivity index (χ0) is 14.5. The second-order valence-electron chi connectivity index (χ2n) is 3.75. The fraction of sp³-hybridized carbons (Fsp3) is 0.0769. The maximum Gasteiger partial charge on any atom is 0.262 e. The molecular weight excluding hydrogens is 411 g/mol. The number of hydrogen-bond donors (Lipinski definition) is 1. The largest absolute Gasteiger partial charge is 0.483 e. The van der Waals surface area contributed by atoms with Gasteiger partial charge in [0, 0.05) is 10.7 Å². The number of pyridine rings is 1. The third-order valence-corrected chi connectivity index (χ3v) is 3.70. The van der Waals surface area contributed by atoms with Crippen LogP contribution in [0.25, 0.3) is 0 Å². The van der Waals surface area contributed by atoms with E-state index in [0.717, 1.165) is 8.95 Å². The van der Waals surface area contributed by atoms with Crippen LogP contribution in [0.3, 0.4) is 0 Å². The summed E-state index contributed by atoms with van der Waals surface area (Å²) >= 11 is 12.5. The molecule has 0 atom stereocenters. The van der Waals surface area contributed by atoms with Gasteiger partial charge in [-0.2, -0.15) is 0 Å². The number of hydrogen-bond acceptors (Lipinski definition) is 3. The number of nitrogens with one attached hydrogen (secondary N) is 1. The average Bonchev–Trinajstić information content (AvgIpc) is 2.40. The molecule has 0 spiro atoms. The van der Waals surface area contributed by atoms with Gasteiger partial charge in [0.1, 0.15) is 5.75 Å². The number of aromatic nitrogens is 1. The number of rotatable bonds is 4. The maximum absolute atomic E-state index is 11.8. The molecule has 0 saturated carbocycles. The lowest BCUT2D eigenvalue weighted by atomic mass is 10.3. The number of anilines is 1. The van der Waals surface area contributed by atoms with Gasteiger partial charge in [-0.15, -0.1) is 0 Å². The number of carbonyl (C=O) groups is 1. The molecule has 1 aromatic heterocycles. The first-order valence-electron chi connectivity index (χ1n) is 5.54. The summed E-state index contributed by atoms with van der Waals surface area (Å²) in [6, 6.07) is 8.79. The molecule has 1 heterocycles. The van der Waals surface area contributed by atoms with E-state index in [1.165, 1.54) is 0 Å². The Kier molecular flexibility index (Phi) is 5.39. The zero-order valence-electron chi connectivity index (χ0n) is 10.1. The van der Waals surface area contributed by atoms with Gasteiger partial charge in [-0.05, 0) is 46.3 Å². The second-order valence-corrected chi connectivity index (χ2v) is 5.88. The van der Waals surface area contributed by atoms with Gasteiger partial charge in [-0.1, -0.05) is 27.5 Å². The molecule has 0 radical (unpaired) electrons. The smallest absolute Gasteiger partial charge is 0.262 e. The summed E-state index contributed by atoms with van der Waals surface area (Å²) in [5.74, 6) is 0.273. The van der Waals surface area contributed by atoms with Crippen molar-refractivity contribution in [3.8, 4) is 5.75 Å². The van der Waals surface area contributed by atoms with Gasteiger partial charge < -0.3 is 10.1 Å². The molecule has 1 amide bonds. The molecular formula is C13H9Br2ClN2O2. The van der Waals surface area contributed by atoms with E-state index in [9.17, 15) is 4.79 Å². The van der Waals surface area contributed by atoms with E-state index in [0.29, 0.717) is 11.4 Å². The van der Waals surface area contributed by atoms with Crippen LogP contribution in [0.5, 0.6) is 5.75 Å². The van der Waals surface area contributed by atoms with E-state index < -0.39 is 0 Å². The summed E-state index contributed by atoms with van der Waals surface area (Å²) in [5.41, 5.74) is 0.456. The Hall–Kier alpha value is -1.11. The highest BCUT2D eigenvalue weighted by Crippen LogP contribution is 2.28. The second kappa shape index (κ2) is 7.06. The highest BCUT2D eigenvalue weighted by atomic mass is 79.9. The molecule has 1 N–H and O–H groups in total. The first-order chi connectivity index (χ1) is 9.56. The molecule has 104 valence electrons. The normalized spacial score (nSPS) is 10.2. The van der Waals surface area contributed by atoms with Crippen molar-refractivity contribution in [1.29, 1.82) is 0 Å². The molecule has 4 nitrogen and oxygen atoms in total. The van der Waals surface area contributed by atoms with Gasteiger partial charge >= 0.3 is 0 Å². The third-order valence-electron chi connectivity index (χ3n) is 2.29. The Labute approximate surface area is 137 Å². The number of amides is 1. The van der Waals surface area contributed by atoms with Crippen LogP contribution in [-0.4, -0.2) is 17.5 Å². The lowest BCUT2D eigenvalue weighted by molar-refractivity contribution is -0.118. The van der Waals surface area contributed by atoms with Gasteiger partial charge in [-0.3, -0.25) is 4.79 Å². The van der Waals surface area contributed by atoms with Crippen LogP contribution in [0.4, 0.5) is 5.69 Å². The van der Waals surface area contributed by atoms with E-state index >= 15 is 0 Å². The minimum atomic E-state index is -0.310. The van der Waals surface area contributed by atoms with Gasteiger partial charge in [0.2, 0.25) is 0 Å². The van der Waals surface area contributed by atoms with Crippen molar-refractivity contribution in [3.05, 3.63) is 50.6 Å². The van der Waals surface area contributed by atoms with E-state index in [-0.39, 0.29) is 17.7 Å². The molecule has 0 aliphatic heterocycles. The summed E-state index contributed by atoms with van der Waals surface area (Å²) in [4.78, 5) is 15.6. The fourth-order valence-electron chi connectivity index (χ4n) is 1.40. The molecule has 20 heavy (non-hydrogen) atoms. The van der Waals surface area contributed by atoms with E-state index in [2.05, 4.69) is 42.2 Å². The highest BCUT2D eigenvalue weighted by Gasteiger charge is 2.08. The maximum atomic E-state index is 11.8.